The molecule has 0 aliphatic carbocycles. The zero-order valence-corrected chi connectivity index (χ0v) is 13.3. The molecule has 9 heteroatoms. The molecular weight excluding hydrogens is 328 g/mol. The van der Waals surface area contributed by atoms with Gasteiger partial charge < -0.3 is 19.5 Å². The molecule has 2 unspecified atom stereocenters. The first-order valence-corrected chi connectivity index (χ1v) is 7.90. The van der Waals surface area contributed by atoms with Gasteiger partial charge in [-0.05, 0) is 38.0 Å². The number of hydrogen-bond acceptors (Lipinski definition) is 6. The van der Waals surface area contributed by atoms with Crippen molar-refractivity contribution in [2.45, 2.75) is 32.5 Å². The molecule has 2 atom stereocenters. The number of benzene rings is 1. The first-order valence-electron chi connectivity index (χ1n) is 6.53. The van der Waals surface area contributed by atoms with E-state index in [2.05, 4.69) is 4.18 Å². The summed E-state index contributed by atoms with van der Waals surface area (Å²) in [4.78, 5) is 10.7. The molecule has 0 aliphatic heterocycles. The predicted molar refractivity (Wildman–Crippen MR) is 80.4 cm³/mol. The van der Waals surface area contributed by atoms with Crippen LogP contribution in [0.5, 0.6) is 5.75 Å². The van der Waals surface area contributed by atoms with E-state index in [-0.39, 0.29) is 23.3 Å². The Kier molecular flexibility index (Phi) is 6.28. The number of hydrogen-bond donors (Lipinski definition) is 4. The Morgan fingerprint density at radius 3 is 2.39 bits per heavy atom. The third-order valence-corrected chi connectivity index (χ3v) is 3.29. The van der Waals surface area contributed by atoms with Gasteiger partial charge in [-0.15, -0.1) is 0 Å². The average Bonchev–Trinajstić information content (AvgIpc) is 2.42. The van der Waals surface area contributed by atoms with E-state index in [1.165, 1.54) is 12.1 Å². The van der Waals surface area contributed by atoms with Crippen LogP contribution in [-0.4, -0.2) is 40.4 Å². The Morgan fingerprint density at radius 1 is 1.30 bits per heavy atom. The Morgan fingerprint density at radius 2 is 1.91 bits per heavy atom. The predicted octanol–water partition coefficient (Wildman–Crippen LogP) is 0.856. The highest BCUT2D eigenvalue weighted by atomic mass is 32.3. The van der Waals surface area contributed by atoms with E-state index in [1.54, 1.807) is 6.08 Å². The first kappa shape index (κ1) is 19.1. The number of aliphatic hydroxyl groups is 2. The lowest BCUT2D eigenvalue weighted by atomic mass is 9.99. The Hall–Kier alpha value is -1.94. The molecule has 1 aromatic rings. The topological polar surface area (TPSA) is 141 Å². The van der Waals surface area contributed by atoms with Crippen LogP contribution in [-0.2, 0) is 21.6 Å². The number of allylic oxidation sites excluding steroid dienone is 2. The lowest BCUT2D eigenvalue weighted by molar-refractivity contribution is -0.153. The quantitative estimate of drug-likeness (QED) is 0.421. The summed E-state index contributed by atoms with van der Waals surface area (Å²) >= 11 is 0. The summed E-state index contributed by atoms with van der Waals surface area (Å²) in [6.45, 7) is 3.63. The van der Waals surface area contributed by atoms with Gasteiger partial charge in [-0.3, -0.25) is 4.55 Å². The minimum atomic E-state index is -4.73. The summed E-state index contributed by atoms with van der Waals surface area (Å²) in [6.07, 6.45) is -1.76. The van der Waals surface area contributed by atoms with Gasteiger partial charge in [0.05, 0.1) is 0 Å². The van der Waals surface area contributed by atoms with Crippen LogP contribution < -0.4 is 4.18 Å². The molecule has 0 aromatic heterocycles. The van der Waals surface area contributed by atoms with Crippen molar-refractivity contribution < 1.29 is 37.3 Å². The van der Waals surface area contributed by atoms with Gasteiger partial charge in [-0.2, -0.15) is 8.42 Å². The largest absolute Gasteiger partial charge is 0.479 e. The van der Waals surface area contributed by atoms with E-state index < -0.39 is 28.6 Å². The van der Waals surface area contributed by atoms with Gasteiger partial charge in [0.15, 0.2) is 6.10 Å². The van der Waals surface area contributed by atoms with Crippen LogP contribution in [0.15, 0.2) is 29.8 Å². The molecule has 0 fully saturated rings. The standard InChI is InChI=1S/C14H18O8S/c1-8(2)3-4-9-7-10(12(15)13(16)14(17)18)5-6-11(9)22-23(19,20)21/h3,5-7,12-13,15-16H,4H2,1-2H3,(H,17,18)(H,19,20,21). The molecule has 0 saturated heterocycles. The van der Waals surface area contributed by atoms with E-state index in [0.717, 1.165) is 11.6 Å². The second-order valence-electron chi connectivity index (χ2n) is 5.09. The smallest absolute Gasteiger partial charge is 0.446 e. The van der Waals surface area contributed by atoms with Gasteiger partial charge in [0.1, 0.15) is 11.9 Å². The fourth-order valence-corrected chi connectivity index (χ4v) is 2.16. The van der Waals surface area contributed by atoms with Crippen LogP contribution >= 0.6 is 0 Å². The zero-order valence-electron chi connectivity index (χ0n) is 12.5. The SMILES string of the molecule is CC(C)=CCc1cc(C(O)C(O)C(=O)O)ccc1OS(=O)(=O)O. The summed E-state index contributed by atoms with van der Waals surface area (Å²) in [6, 6.07) is 3.66. The van der Waals surface area contributed by atoms with Gasteiger partial charge in [0.2, 0.25) is 0 Å². The number of rotatable bonds is 7. The van der Waals surface area contributed by atoms with E-state index in [4.69, 9.17) is 9.66 Å². The second-order valence-corrected chi connectivity index (χ2v) is 6.11. The van der Waals surface area contributed by atoms with Crippen LogP contribution in [0.4, 0.5) is 0 Å². The number of carboxylic acids is 1. The normalized spacial score (nSPS) is 14.0. The molecule has 8 nitrogen and oxygen atoms in total. The van der Waals surface area contributed by atoms with Crippen molar-refractivity contribution in [2.24, 2.45) is 0 Å². The summed E-state index contributed by atoms with van der Waals surface area (Å²) in [7, 11) is -4.73. The Bertz CT molecular complexity index is 703. The monoisotopic (exact) mass is 346 g/mol. The van der Waals surface area contributed by atoms with Crippen LogP contribution in [0.3, 0.4) is 0 Å². The molecule has 0 bridgehead atoms. The minimum Gasteiger partial charge on any atom is -0.479 e. The summed E-state index contributed by atoms with van der Waals surface area (Å²) in [5, 5.41) is 27.9. The van der Waals surface area contributed by atoms with Gasteiger partial charge >= 0.3 is 16.4 Å². The lowest BCUT2D eigenvalue weighted by Gasteiger charge is -2.16. The van der Waals surface area contributed by atoms with Gasteiger partial charge in [0, 0.05) is 5.56 Å². The van der Waals surface area contributed by atoms with Gasteiger partial charge in [0.25, 0.3) is 0 Å². The van der Waals surface area contributed by atoms with Crippen LogP contribution in [0.1, 0.15) is 31.1 Å². The molecule has 4 N–H and O–H groups in total. The van der Waals surface area contributed by atoms with Crippen LogP contribution in [0.2, 0.25) is 0 Å². The zero-order chi connectivity index (χ0) is 17.8. The molecule has 0 amide bonds. The fourth-order valence-electron chi connectivity index (χ4n) is 1.77. The molecule has 0 spiro atoms. The molecule has 128 valence electrons. The number of carbonyl (C=O) groups is 1. The highest BCUT2D eigenvalue weighted by Crippen LogP contribution is 2.27. The van der Waals surface area contributed by atoms with Crippen LogP contribution in [0, 0.1) is 0 Å². The summed E-state index contributed by atoms with van der Waals surface area (Å²) in [5.74, 6) is -1.76. The number of aliphatic carboxylic acids is 1. The van der Waals surface area contributed by atoms with Gasteiger partial charge in [-0.25, -0.2) is 4.79 Å². The molecule has 1 rings (SSSR count). The maximum atomic E-state index is 10.9. The van der Waals surface area contributed by atoms with Crippen molar-refractivity contribution in [3.63, 3.8) is 0 Å². The Labute approximate surface area is 133 Å². The molecule has 23 heavy (non-hydrogen) atoms. The highest BCUT2D eigenvalue weighted by molar-refractivity contribution is 7.81. The average molecular weight is 346 g/mol. The van der Waals surface area contributed by atoms with E-state index in [1.807, 2.05) is 13.8 Å². The second kappa shape index (κ2) is 7.55. The van der Waals surface area contributed by atoms with Crippen molar-refractivity contribution in [2.75, 3.05) is 0 Å². The number of aliphatic hydroxyl groups excluding tert-OH is 2. The van der Waals surface area contributed by atoms with Crippen molar-refractivity contribution >= 4 is 16.4 Å². The maximum Gasteiger partial charge on any atom is 0.446 e. The molecule has 0 radical (unpaired) electrons. The Balaban J connectivity index is 3.25. The van der Waals surface area contributed by atoms with Gasteiger partial charge in [-0.1, -0.05) is 17.7 Å². The molecule has 0 heterocycles. The van der Waals surface area contributed by atoms with Crippen molar-refractivity contribution in [1.29, 1.82) is 0 Å². The molecular formula is C14H18O8S. The number of carboxylic acid groups (broad SMARTS) is 1. The van der Waals surface area contributed by atoms with Crippen molar-refractivity contribution in [3.05, 3.63) is 41.0 Å². The summed E-state index contributed by atoms with van der Waals surface area (Å²) in [5.41, 5.74) is 1.29. The van der Waals surface area contributed by atoms with Crippen molar-refractivity contribution in [1.82, 2.24) is 0 Å². The maximum absolute atomic E-state index is 10.9. The molecule has 0 saturated carbocycles. The minimum absolute atomic E-state index is 0.0692. The fraction of sp³-hybridized carbons (Fsp3) is 0.357. The highest BCUT2D eigenvalue weighted by Gasteiger charge is 2.26. The van der Waals surface area contributed by atoms with E-state index >= 15 is 0 Å². The van der Waals surface area contributed by atoms with Crippen LogP contribution in [0.25, 0.3) is 0 Å². The van der Waals surface area contributed by atoms with Crippen molar-refractivity contribution in [3.8, 4) is 5.75 Å². The molecule has 1 aromatic carbocycles. The lowest BCUT2D eigenvalue weighted by Crippen LogP contribution is -2.27. The first-order chi connectivity index (χ1) is 10.5. The third kappa shape index (κ3) is 5.99. The van der Waals surface area contributed by atoms with E-state index in [0.29, 0.717) is 0 Å². The summed E-state index contributed by atoms with van der Waals surface area (Å²) < 4.78 is 34.9. The van der Waals surface area contributed by atoms with E-state index in [9.17, 15) is 23.4 Å². The third-order valence-electron chi connectivity index (χ3n) is 2.90. The molecule has 0 aliphatic rings.